The van der Waals surface area contributed by atoms with Crippen molar-refractivity contribution < 1.29 is 4.74 Å². The van der Waals surface area contributed by atoms with Crippen LogP contribution in [0.25, 0.3) is 0 Å². The maximum absolute atomic E-state index is 5.71. The second-order valence-corrected chi connectivity index (χ2v) is 6.04. The van der Waals surface area contributed by atoms with Gasteiger partial charge in [-0.25, -0.2) is 0 Å². The number of nitrogens with two attached hydrogens (primary N) is 1. The Kier molecular flexibility index (Phi) is 4.86. The number of hydrogen-bond acceptors (Lipinski definition) is 5. The molecule has 1 aromatic rings. The summed E-state index contributed by atoms with van der Waals surface area (Å²) in [4.78, 5) is 4.25. The largest absolute Gasteiger partial charge is 0.489 e. The average molecular weight is 267 g/mol. The minimum atomic E-state index is 0.161. The van der Waals surface area contributed by atoms with Crippen molar-refractivity contribution in [3.8, 4) is 5.75 Å². The normalized spacial score (nSPS) is 21.2. The first kappa shape index (κ1) is 13.6. The lowest BCUT2D eigenvalue weighted by atomic mass is 9.94. The maximum Gasteiger partial charge on any atom is 0.138 e. The van der Waals surface area contributed by atoms with Gasteiger partial charge in [0.25, 0.3) is 0 Å². The van der Waals surface area contributed by atoms with E-state index < -0.39 is 0 Å². The Morgan fingerprint density at radius 2 is 2.33 bits per heavy atom. The highest BCUT2D eigenvalue weighted by atomic mass is 32.2. The number of aromatic nitrogens is 1. The molecule has 2 rings (SSSR count). The molecular weight excluding hydrogens is 246 g/mol. The van der Waals surface area contributed by atoms with E-state index >= 15 is 0 Å². The summed E-state index contributed by atoms with van der Waals surface area (Å²) in [5, 5.41) is 0. The van der Waals surface area contributed by atoms with E-state index in [1.807, 2.05) is 37.9 Å². The van der Waals surface area contributed by atoms with Crippen molar-refractivity contribution in [2.75, 3.05) is 11.5 Å². The average Bonchev–Trinajstić information content (AvgIpc) is 2.83. The summed E-state index contributed by atoms with van der Waals surface area (Å²) in [6.45, 7) is 4.03. The molecule has 5 heteroatoms. The van der Waals surface area contributed by atoms with E-state index in [0.717, 1.165) is 17.1 Å². The molecule has 2 atom stereocenters. The van der Waals surface area contributed by atoms with Crippen molar-refractivity contribution in [2.45, 2.75) is 32.4 Å². The Bertz CT molecular complexity index is 380. The summed E-state index contributed by atoms with van der Waals surface area (Å²) in [7, 11) is 0. The van der Waals surface area contributed by atoms with Gasteiger partial charge in [0.1, 0.15) is 5.75 Å². The van der Waals surface area contributed by atoms with Crippen LogP contribution < -0.4 is 16.0 Å². The molecule has 1 saturated heterocycles. The molecular formula is C13H21N3OS. The molecule has 1 fully saturated rings. The third-order valence-corrected chi connectivity index (χ3v) is 4.27. The molecule has 0 amide bonds. The summed E-state index contributed by atoms with van der Waals surface area (Å²) in [6, 6.07) is 2.21. The Morgan fingerprint density at radius 3 is 2.94 bits per heavy atom. The van der Waals surface area contributed by atoms with E-state index in [9.17, 15) is 0 Å². The van der Waals surface area contributed by atoms with Crippen molar-refractivity contribution in [2.24, 2.45) is 11.8 Å². The van der Waals surface area contributed by atoms with Crippen molar-refractivity contribution in [1.82, 2.24) is 10.4 Å². The zero-order chi connectivity index (χ0) is 13.0. The fourth-order valence-electron chi connectivity index (χ4n) is 2.26. The summed E-state index contributed by atoms with van der Waals surface area (Å²) in [5.74, 6) is 9.48. The van der Waals surface area contributed by atoms with Gasteiger partial charge in [-0.3, -0.25) is 16.3 Å². The van der Waals surface area contributed by atoms with Gasteiger partial charge < -0.3 is 4.74 Å². The summed E-state index contributed by atoms with van der Waals surface area (Å²) in [5.41, 5.74) is 4.05. The third kappa shape index (κ3) is 3.37. The molecule has 2 unspecified atom stereocenters. The van der Waals surface area contributed by atoms with Gasteiger partial charge in [0.15, 0.2) is 0 Å². The van der Waals surface area contributed by atoms with Gasteiger partial charge in [-0.15, -0.1) is 0 Å². The first-order valence-corrected chi connectivity index (χ1v) is 7.51. The maximum atomic E-state index is 5.71. The van der Waals surface area contributed by atoms with E-state index in [0.29, 0.717) is 5.92 Å². The Labute approximate surface area is 113 Å². The summed E-state index contributed by atoms with van der Waals surface area (Å²) >= 11 is 1.99. The van der Waals surface area contributed by atoms with Crippen LogP contribution in [-0.4, -0.2) is 22.6 Å². The molecule has 18 heavy (non-hydrogen) atoms. The van der Waals surface area contributed by atoms with Gasteiger partial charge in [0, 0.05) is 6.20 Å². The first-order valence-electron chi connectivity index (χ1n) is 6.36. The van der Waals surface area contributed by atoms with Gasteiger partial charge in [0.2, 0.25) is 0 Å². The zero-order valence-corrected chi connectivity index (χ0v) is 11.7. The SMILES string of the molecule is CC(C)Oc1cncc(C(NN)C2CCSC2)c1. The number of hydrazine groups is 1. The van der Waals surface area contributed by atoms with Crippen LogP contribution in [0.3, 0.4) is 0 Å². The number of pyridine rings is 1. The van der Waals surface area contributed by atoms with Crippen LogP contribution in [-0.2, 0) is 0 Å². The van der Waals surface area contributed by atoms with Gasteiger partial charge in [0.05, 0.1) is 18.3 Å². The lowest BCUT2D eigenvalue weighted by Gasteiger charge is -2.22. The van der Waals surface area contributed by atoms with Crippen molar-refractivity contribution in [1.29, 1.82) is 0 Å². The minimum absolute atomic E-state index is 0.161. The van der Waals surface area contributed by atoms with E-state index in [-0.39, 0.29) is 12.1 Å². The number of nitrogens with one attached hydrogen (secondary N) is 1. The molecule has 0 spiro atoms. The molecule has 0 aromatic carbocycles. The number of rotatable bonds is 5. The van der Waals surface area contributed by atoms with Crippen molar-refractivity contribution in [3.05, 3.63) is 24.0 Å². The van der Waals surface area contributed by atoms with E-state index in [1.165, 1.54) is 12.2 Å². The highest BCUT2D eigenvalue weighted by Gasteiger charge is 2.26. The first-order chi connectivity index (χ1) is 8.70. The topological polar surface area (TPSA) is 60.2 Å². The molecule has 1 aliphatic rings. The molecule has 0 bridgehead atoms. The van der Waals surface area contributed by atoms with Crippen LogP contribution in [0.4, 0.5) is 0 Å². The summed E-state index contributed by atoms with van der Waals surface area (Å²) < 4.78 is 5.68. The van der Waals surface area contributed by atoms with Gasteiger partial charge >= 0.3 is 0 Å². The molecule has 0 saturated carbocycles. The molecule has 0 radical (unpaired) electrons. The van der Waals surface area contributed by atoms with Crippen LogP contribution in [0.15, 0.2) is 18.5 Å². The quantitative estimate of drug-likeness (QED) is 0.632. The standard InChI is InChI=1S/C13H21N3OS/c1-9(2)17-12-5-11(6-15-7-12)13(16-14)10-3-4-18-8-10/h5-7,9-10,13,16H,3-4,8,14H2,1-2H3. The third-order valence-electron chi connectivity index (χ3n) is 3.08. The van der Waals surface area contributed by atoms with E-state index in [1.54, 1.807) is 6.20 Å². The molecule has 0 aliphatic carbocycles. The summed E-state index contributed by atoms with van der Waals surface area (Å²) in [6.07, 6.45) is 4.99. The van der Waals surface area contributed by atoms with E-state index in [2.05, 4.69) is 10.4 Å². The number of thioether (sulfide) groups is 1. The molecule has 100 valence electrons. The van der Waals surface area contributed by atoms with Crippen LogP contribution in [0.1, 0.15) is 31.9 Å². The molecule has 2 heterocycles. The molecule has 1 aromatic heterocycles. The second kappa shape index (κ2) is 6.41. The Morgan fingerprint density at radius 1 is 1.50 bits per heavy atom. The highest BCUT2D eigenvalue weighted by molar-refractivity contribution is 7.99. The number of ether oxygens (including phenoxy) is 1. The molecule has 4 nitrogen and oxygen atoms in total. The zero-order valence-electron chi connectivity index (χ0n) is 10.9. The Hall–Kier alpha value is -0.780. The van der Waals surface area contributed by atoms with Gasteiger partial charge in [-0.1, -0.05) is 0 Å². The smallest absolute Gasteiger partial charge is 0.138 e. The molecule has 3 N–H and O–H groups in total. The van der Waals surface area contributed by atoms with Gasteiger partial charge in [-0.05, 0) is 49.3 Å². The lowest BCUT2D eigenvalue weighted by Crippen LogP contribution is -2.33. The highest BCUT2D eigenvalue weighted by Crippen LogP contribution is 2.34. The van der Waals surface area contributed by atoms with Gasteiger partial charge in [-0.2, -0.15) is 11.8 Å². The fourth-order valence-corrected chi connectivity index (χ4v) is 3.56. The number of hydrogen-bond donors (Lipinski definition) is 2. The van der Waals surface area contributed by atoms with Crippen LogP contribution >= 0.6 is 11.8 Å². The lowest BCUT2D eigenvalue weighted by molar-refractivity contribution is 0.240. The predicted octanol–water partition coefficient (Wildman–Crippen LogP) is 2.13. The van der Waals surface area contributed by atoms with Crippen LogP contribution in [0.2, 0.25) is 0 Å². The fraction of sp³-hybridized carbons (Fsp3) is 0.615. The predicted molar refractivity (Wildman–Crippen MR) is 75.5 cm³/mol. The molecule has 1 aliphatic heterocycles. The van der Waals surface area contributed by atoms with Crippen molar-refractivity contribution >= 4 is 11.8 Å². The van der Waals surface area contributed by atoms with Crippen LogP contribution in [0, 0.1) is 5.92 Å². The monoisotopic (exact) mass is 267 g/mol. The Balaban J connectivity index is 2.14. The minimum Gasteiger partial charge on any atom is -0.489 e. The van der Waals surface area contributed by atoms with E-state index in [4.69, 9.17) is 10.6 Å². The second-order valence-electron chi connectivity index (χ2n) is 4.89. The number of nitrogens with zero attached hydrogens (tertiary/aromatic N) is 1. The van der Waals surface area contributed by atoms with Crippen molar-refractivity contribution in [3.63, 3.8) is 0 Å². The van der Waals surface area contributed by atoms with Crippen LogP contribution in [0.5, 0.6) is 5.75 Å².